The number of nitrogens with zero attached hydrogens (tertiary/aromatic N) is 2. The third-order valence-electron chi connectivity index (χ3n) is 4.83. The summed E-state index contributed by atoms with van der Waals surface area (Å²) < 4.78 is 5.29. The molecule has 27 heavy (non-hydrogen) atoms. The van der Waals surface area contributed by atoms with Crippen molar-refractivity contribution in [3.63, 3.8) is 0 Å². The smallest absolute Gasteiger partial charge is 0.191 e. The first-order valence-electron chi connectivity index (χ1n) is 9.67. The first-order chi connectivity index (χ1) is 13.2. The predicted octanol–water partition coefficient (Wildman–Crippen LogP) is 3.34. The lowest BCUT2D eigenvalue weighted by molar-refractivity contribution is 0.414. The summed E-state index contributed by atoms with van der Waals surface area (Å²) in [5, 5.41) is 6.95. The Hall–Kier alpha value is -2.69. The number of aryl methyl sites for hydroxylation is 1. The average molecular weight is 367 g/mol. The molecule has 2 aromatic rings. The van der Waals surface area contributed by atoms with Crippen LogP contribution in [0.25, 0.3) is 0 Å². The molecule has 1 heterocycles. The predicted molar refractivity (Wildman–Crippen MR) is 113 cm³/mol. The van der Waals surface area contributed by atoms with Gasteiger partial charge in [0.15, 0.2) is 5.96 Å². The Morgan fingerprint density at radius 2 is 2.04 bits per heavy atom. The van der Waals surface area contributed by atoms with Gasteiger partial charge in [-0.05, 0) is 50.1 Å². The van der Waals surface area contributed by atoms with E-state index in [1.54, 1.807) is 7.11 Å². The van der Waals surface area contributed by atoms with Crippen LogP contribution in [0, 0.1) is 6.92 Å². The molecule has 0 saturated carbocycles. The Balaban J connectivity index is 1.59. The van der Waals surface area contributed by atoms with Gasteiger partial charge >= 0.3 is 0 Å². The molecule has 1 unspecified atom stereocenters. The molecule has 0 aromatic heterocycles. The zero-order valence-corrected chi connectivity index (χ0v) is 16.5. The molecular weight excluding hydrogens is 336 g/mol. The molecule has 1 saturated heterocycles. The van der Waals surface area contributed by atoms with E-state index in [4.69, 9.17) is 9.73 Å². The topological polar surface area (TPSA) is 48.9 Å². The van der Waals surface area contributed by atoms with E-state index in [9.17, 15) is 0 Å². The second-order valence-corrected chi connectivity index (χ2v) is 6.96. The molecule has 5 heteroatoms. The number of hydrogen-bond acceptors (Lipinski definition) is 3. The van der Waals surface area contributed by atoms with E-state index >= 15 is 0 Å². The zero-order valence-electron chi connectivity index (χ0n) is 16.5. The Bertz CT molecular complexity index is 757. The van der Waals surface area contributed by atoms with Crippen LogP contribution < -0.4 is 20.3 Å². The minimum Gasteiger partial charge on any atom is -0.497 e. The van der Waals surface area contributed by atoms with Crippen molar-refractivity contribution in [1.29, 1.82) is 0 Å². The van der Waals surface area contributed by atoms with Gasteiger partial charge < -0.3 is 20.3 Å². The number of rotatable bonds is 6. The molecule has 2 N–H and O–H groups in total. The standard InChI is InChI=1S/C22H30N4O/c1-4-23-22(24-15-18-6-5-7-21(14-18)27-3)25-19-12-13-26(16-19)20-10-8-17(2)9-11-20/h5-11,14,19H,4,12-13,15-16H2,1-3H3,(H2,23,24,25). The summed E-state index contributed by atoms with van der Waals surface area (Å²) in [6.07, 6.45) is 1.11. The maximum atomic E-state index is 5.29. The van der Waals surface area contributed by atoms with Gasteiger partial charge in [-0.25, -0.2) is 4.99 Å². The summed E-state index contributed by atoms with van der Waals surface area (Å²) in [7, 11) is 1.69. The number of guanidine groups is 1. The Morgan fingerprint density at radius 1 is 1.22 bits per heavy atom. The average Bonchev–Trinajstić information content (AvgIpc) is 3.15. The summed E-state index contributed by atoms with van der Waals surface area (Å²) in [5.41, 5.74) is 3.73. The fourth-order valence-corrected chi connectivity index (χ4v) is 3.32. The summed E-state index contributed by atoms with van der Waals surface area (Å²) in [6, 6.07) is 17.2. The quantitative estimate of drug-likeness (QED) is 0.608. The highest BCUT2D eigenvalue weighted by Crippen LogP contribution is 2.20. The lowest BCUT2D eigenvalue weighted by atomic mass is 10.2. The van der Waals surface area contributed by atoms with Crippen LogP contribution in [0.2, 0.25) is 0 Å². The molecule has 2 aromatic carbocycles. The van der Waals surface area contributed by atoms with Crippen molar-refractivity contribution in [2.75, 3.05) is 31.6 Å². The van der Waals surface area contributed by atoms with Crippen molar-refractivity contribution in [3.05, 3.63) is 59.7 Å². The molecule has 1 aliphatic rings. The summed E-state index contributed by atoms with van der Waals surface area (Å²) in [5.74, 6) is 1.74. The number of methoxy groups -OCH3 is 1. The molecule has 0 aliphatic carbocycles. The molecule has 0 spiro atoms. The highest BCUT2D eigenvalue weighted by Gasteiger charge is 2.23. The van der Waals surface area contributed by atoms with E-state index in [1.165, 1.54) is 11.3 Å². The van der Waals surface area contributed by atoms with Crippen LogP contribution in [0.4, 0.5) is 5.69 Å². The monoisotopic (exact) mass is 366 g/mol. The van der Waals surface area contributed by atoms with Gasteiger partial charge in [-0.1, -0.05) is 29.8 Å². The maximum absolute atomic E-state index is 5.29. The molecule has 5 nitrogen and oxygen atoms in total. The van der Waals surface area contributed by atoms with E-state index < -0.39 is 0 Å². The van der Waals surface area contributed by atoms with Crippen LogP contribution in [-0.2, 0) is 6.54 Å². The summed E-state index contributed by atoms with van der Waals surface area (Å²) in [4.78, 5) is 7.19. The fraction of sp³-hybridized carbons (Fsp3) is 0.409. The van der Waals surface area contributed by atoms with Crippen molar-refractivity contribution in [2.45, 2.75) is 32.9 Å². The number of aliphatic imine (C=N–C) groups is 1. The Labute approximate surface area is 162 Å². The first-order valence-corrected chi connectivity index (χ1v) is 9.67. The molecule has 0 bridgehead atoms. The van der Waals surface area contributed by atoms with Crippen LogP contribution in [0.3, 0.4) is 0 Å². The van der Waals surface area contributed by atoms with E-state index in [-0.39, 0.29) is 0 Å². The highest BCUT2D eigenvalue weighted by atomic mass is 16.5. The van der Waals surface area contributed by atoms with Crippen LogP contribution in [-0.4, -0.2) is 38.7 Å². The first kappa shape index (κ1) is 19.1. The molecule has 0 radical (unpaired) electrons. The molecule has 3 rings (SSSR count). The lowest BCUT2D eigenvalue weighted by Gasteiger charge is -2.20. The third-order valence-corrected chi connectivity index (χ3v) is 4.83. The SMILES string of the molecule is CCNC(=NCc1cccc(OC)c1)NC1CCN(c2ccc(C)cc2)C1. The fourth-order valence-electron chi connectivity index (χ4n) is 3.32. The van der Waals surface area contributed by atoms with E-state index in [0.29, 0.717) is 12.6 Å². The number of hydrogen-bond donors (Lipinski definition) is 2. The maximum Gasteiger partial charge on any atom is 0.191 e. The number of nitrogens with one attached hydrogen (secondary N) is 2. The van der Waals surface area contributed by atoms with Gasteiger partial charge in [0.25, 0.3) is 0 Å². The van der Waals surface area contributed by atoms with Gasteiger partial charge in [-0.15, -0.1) is 0 Å². The number of ether oxygens (including phenoxy) is 1. The zero-order chi connectivity index (χ0) is 19.1. The van der Waals surface area contributed by atoms with Crippen LogP contribution in [0.15, 0.2) is 53.5 Å². The molecule has 1 fully saturated rings. The molecule has 1 atom stereocenters. The lowest BCUT2D eigenvalue weighted by Crippen LogP contribution is -2.44. The van der Waals surface area contributed by atoms with Crippen molar-refractivity contribution in [3.8, 4) is 5.75 Å². The second-order valence-electron chi connectivity index (χ2n) is 6.96. The molecule has 0 amide bonds. The minimum atomic E-state index is 0.398. The number of anilines is 1. The van der Waals surface area contributed by atoms with Crippen molar-refractivity contribution in [1.82, 2.24) is 10.6 Å². The Kier molecular flexibility index (Phi) is 6.58. The van der Waals surface area contributed by atoms with E-state index in [2.05, 4.69) is 59.7 Å². The third kappa shape index (κ3) is 5.39. The van der Waals surface area contributed by atoms with Gasteiger partial charge in [0, 0.05) is 31.4 Å². The molecule has 144 valence electrons. The van der Waals surface area contributed by atoms with Gasteiger partial charge in [0.1, 0.15) is 5.75 Å². The summed E-state index contributed by atoms with van der Waals surface area (Å²) in [6.45, 7) is 7.75. The highest BCUT2D eigenvalue weighted by molar-refractivity contribution is 5.80. The van der Waals surface area contributed by atoms with Crippen molar-refractivity contribution < 1.29 is 4.74 Å². The largest absolute Gasteiger partial charge is 0.497 e. The van der Waals surface area contributed by atoms with Gasteiger partial charge in [0.2, 0.25) is 0 Å². The van der Waals surface area contributed by atoms with Crippen molar-refractivity contribution in [2.24, 2.45) is 4.99 Å². The molecule has 1 aliphatic heterocycles. The Morgan fingerprint density at radius 3 is 2.78 bits per heavy atom. The van der Waals surface area contributed by atoms with E-state index in [1.807, 2.05) is 18.2 Å². The van der Waals surface area contributed by atoms with Gasteiger partial charge in [-0.2, -0.15) is 0 Å². The van der Waals surface area contributed by atoms with Gasteiger partial charge in [0.05, 0.1) is 13.7 Å². The van der Waals surface area contributed by atoms with Gasteiger partial charge in [-0.3, -0.25) is 0 Å². The summed E-state index contributed by atoms with van der Waals surface area (Å²) >= 11 is 0. The van der Waals surface area contributed by atoms with Crippen LogP contribution in [0.5, 0.6) is 5.75 Å². The molecular formula is C22H30N4O. The van der Waals surface area contributed by atoms with Crippen LogP contribution >= 0.6 is 0 Å². The number of benzene rings is 2. The van der Waals surface area contributed by atoms with Crippen LogP contribution in [0.1, 0.15) is 24.5 Å². The van der Waals surface area contributed by atoms with Crippen molar-refractivity contribution >= 4 is 11.6 Å². The normalized spacial score (nSPS) is 17.1. The second kappa shape index (κ2) is 9.31. The minimum absolute atomic E-state index is 0.398. The van der Waals surface area contributed by atoms with E-state index in [0.717, 1.165) is 43.3 Å².